The van der Waals surface area contributed by atoms with Gasteiger partial charge in [0.05, 0.1) is 25.9 Å². The molecule has 1 aromatic carbocycles. The third kappa shape index (κ3) is 3.62. The Morgan fingerprint density at radius 1 is 1.57 bits per heavy atom. The maximum absolute atomic E-state index is 13.7. The fraction of sp³-hybridized carbons (Fsp3) is 0.500. The minimum absolute atomic E-state index is 0.0272. The van der Waals surface area contributed by atoms with Gasteiger partial charge >= 0.3 is 6.03 Å². The van der Waals surface area contributed by atoms with Gasteiger partial charge in [0.1, 0.15) is 11.6 Å². The van der Waals surface area contributed by atoms with Crippen LogP contribution in [0, 0.1) is 5.82 Å². The number of β-amino-alcohol motifs (C(OH)–C–C–N with tert-alkyl or cyclic N) is 1. The van der Waals surface area contributed by atoms with Gasteiger partial charge in [-0.15, -0.1) is 0 Å². The highest BCUT2D eigenvalue weighted by Crippen LogP contribution is 2.18. The van der Waals surface area contributed by atoms with Gasteiger partial charge in [-0.2, -0.15) is 0 Å². The van der Waals surface area contributed by atoms with Crippen molar-refractivity contribution in [1.82, 2.24) is 10.2 Å². The molecule has 3 N–H and O–H groups in total. The third-order valence-electron chi connectivity index (χ3n) is 3.55. The van der Waals surface area contributed by atoms with Gasteiger partial charge < -0.3 is 25.2 Å². The number of ether oxygens (including phenoxy) is 1. The number of aliphatic hydroxyl groups is 2. The molecule has 2 amide bonds. The summed E-state index contributed by atoms with van der Waals surface area (Å²) in [7, 11) is 1.45. The Morgan fingerprint density at radius 2 is 2.33 bits per heavy atom. The number of rotatable bonds is 4. The Morgan fingerprint density at radius 3 is 2.95 bits per heavy atom. The van der Waals surface area contributed by atoms with Crippen molar-refractivity contribution in [3.63, 3.8) is 0 Å². The van der Waals surface area contributed by atoms with Gasteiger partial charge in [0.25, 0.3) is 0 Å². The quantitative estimate of drug-likeness (QED) is 0.755. The fourth-order valence-electron chi connectivity index (χ4n) is 2.38. The number of methoxy groups -OCH3 is 1. The molecule has 1 aliphatic heterocycles. The van der Waals surface area contributed by atoms with Crippen LogP contribution in [0.2, 0.25) is 0 Å². The molecule has 1 aliphatic rings. The van der Waals surface area contributed by atoms with Gasteiger partial charge in [0.15, 0.2) is 0 Å². The molecule has 0 bridgehead atoms. The lowest BCUT2D eigenvalue weighted by Gasteiger charge is -2.23. The Kier molecular flexibility index (Phi) is 4.98. The molecule has 2 unspecified atom stereocenters. The summed E-state index contributed by atoms with van der Waals surface area (Å²) in [5.41, 5.74) is 0.337. The maximum Gasteiger partial charge on any atom is 0.318 e. The lowest BCUT2D eigenvalue weighted by atomic mass is 10.2. The van der Waals surface area contributed by atoms with E-state index in [4.69, 9.17) is 4.74 Å². The highest BCUT2D eigenvalue weighted by Gasteiger charge is 2.33. The molecule has 1 aromatic rings. The number of hydrogen-bond acceptors (Lipinski definition) is 4. The first-order chi connectivity index (χ1) is 10.0. The molecule has 0 spiro atoms. The molecule has 7 heteroatoms. The van der Waals surface area contributed by atoms with Crippen molar-refractivity contribution in [2.45, 2.75) is 25.1 Å². The molecule has 0 saturated carbocycles. The number of urea groups is 1. The molecule has 116 valence electrons. The Labute approximate surface area is 122 Å². The smallest absolute Gasteiger partial charge is 0.318 e. The summed E-state index contributed by atoms with van der Waals surface area (Å²) in [4.78, 5) is 13.4. The van der Waals surface area contributed by atoms with Crippen LogP contribution in [0.3, 0.4) is 0 Å². The number of hydrogen-bond donors (Lipinski definition) is 3. The lowest BCUT2D eigenvalue weighted by Crippen LogP contribution is -2.44. The molecular weight excluding hydrogens is 279 g/mol. The summed E-state index contributed by atoms with van der Waals surface area (Å²) in [6.45, 7) is -0.0110. The van der Waals surface area contributed by atoms with Crippen molar-refractivity contribution in [3.8, 4) is 5.75 Å². The van der Waals surface area contributed by atoms with Crippen molar-refractivity contribution in [3.05, 3.63) is 29.6 Å². The summed E-state index contributed by atoms with van der Waals surface area (Å²) in [6.07, 6.45) is -0.286. The molecule has 6 nitrogen and oxygen atoms in total. The first-order valence-corrected chi connectivity index (χ1v) is 6.71. The summed E-state index contributed by atoms with van der Waals surface area (Å²) in [5.74, 6) is -0.0552. The van der Waals surface area contributed by atoms with Gasteiger partial charge in [-0.05, 0) is 12.5 Å². The van der Waals surface area contributed by atoms with Crippen LogP contribution in [0.4, 0.5) is 9.18 Å². The van der Waals surface area contributed by atoms with Gasteiger partial charge in [-0.3, -0.25) is 0 Å². The zero-order chi connectivity index (χ0) is 15.4. The Bertz CT molecular complexity index is 512. The first-order valence-electron chi connectivity index (χ1n) is 6.71. The second kappa shape index (κ2) is 6.73. The van der Waals surface area contributed by atoms with E-state index in [0.29, 0.717) is 17.7 Å². The normalized spacial score (nSPS) is 21.4. The second-order valence-corrected chi connectivity index (χ2v) is 4.99. The minimum atomic E-state index is -0.634. The molecule has 2 atom stereocenters. The van der Waals surface area contributed by atoms with Crippen LogP contribution in [0.25, 0.3) is 0 Å². The zero-order valence-electron chi connectivity index (χ0n) is 11.8. The lowest BCUT2D eigenvalue weighted by molar-refractivity contribution is 0.154. The van der Waals surface area contributed by atoms with Gasteiger partial charge in [0.2, 0.25) is 0 Å². The molecule has 0 aromatic heterocycles. The van der Waals surface area contributed by atoms with Gasteiger partial charge in [-0.1, -0.05) is 6.07 Å². The van der Waals surface area contributed by atoms with E-state index in [1.165, 1.54) is 24.1 Å². The molecule has 0 aliphatic carbocycles. The Hall–Kier alpha value is -1.86. The number of nitrogens with zero attached hydrogens (tertiary/aromatic N) is 1. The Balaban J connectivity index is 1.95. The number of aliphatic hydroxyl groups excluding tert-OH is 2. The van der Waals surface area contributed by atoms with E-state index in [1.807, 2.05) is 0 Å². The third-order valence-corrected chi connectivity index (χ3v) is 3.55. The summed E-state index contributed by atoms with van der Waals surface area (Å²) >= 11 is 0. The largest absolute Gasteiger partial charge is 0.497 e. The minimum Gasteiger partial charge on any atom is -0.497 e. The summed E-state index contributed by atoms with van der Waals surface area (Å²) in [5, 5.41) is 21.3. The second-order valence-electron chi connectivity index (χ2n) is 4.99. The van der Waals surface area contributed by atoms with Crippen molar-refractivity contribution >= 4 is 6.03 Å². The van der Waals surface area contributed by atoms with E-state index in [2.05, 4.69) is 5.32 Å². The van der Waals surface area contributed by atoms with Crippen LogP contribution >= 0.6 is 0 Å². The van der Waals surface area contributed by atoms with Crippen molar-refractivity contribution in [1.29, 1.82) is 0 Å². The average Bonchev–Trinajstić information content (AvgIpc) is 2.86. The molecular formula is C14H19FN2O4. The molecule has 21 heavy (non-hydrogen) atoms. The number of carbonyl (C=O) groups excluding carboxylic acids is 1. The van der Waals surface area contributed by atoms with E-state index < -0.39 is 24.0 Å². The van der Waals surface area contributed by atoms with Crippen LogP contribution in [-0.2, 0) is 6.54 Å². The van der Waals surface area contributed by atoms with Crippen LogP contribution < -0.4 is 10.1 Å². The standard InChI is InChI=1S/C14H19FN2O4/c1-21-12-3-2-9(13(15)5-12)6-16-14(20)17-7-11(19)4-10(17)8-18/h2-3,5,10-11,18-19H,4,6-8H2,1H3,(H,16,20). The monoisotopic (exact) mass is 298 g/mol. The number of likely N-dealkylation sites (tertiary alicyclic amines) is 1. The molecule has 0 radical (unpaired) electrons. The summed E-state index contributed by atoms with van der Waals surface area (Å²) < 4.78 is 18.7. The van der Waals surface area contributed by atoms with Crippen LogP contribution in [0.5, 0.6) is 5.75 Å². The number of amides is 2. The number of benzene rings is 1. The number of nitrogens with one attached hydrogen (secondary N) is 1. The van der Waals surface area contributed by atoms with E-state index in [1.54, 1.807) is 6.07 Å². The molecule has 1 heterocycles. The predicted molar refractivity (Wildman–Crippen MR) is 73.4 cm³/mol. The number of carbonyl (C=O) groups is 1. The number of halogens is 1. The SMILES string of the molecule is COc1ccc(CNC(=O)N2CC(O)CC2CO)c(F)c1. The molecule has 1 fully saturated rings. The highest BCUT2D eigenvalue weighted by atomic mass is 19.1. The van der Waals surface area contributed by atoms with Crippen molar-refractivity contribution < 1.29 is 24.1 Å². The molecule has 1 saturated heterocycles. The van der Waals surface area contributed by atoms with Gasteiger partial charge in [-0.25, -0.2) is 9.18 Å². The molecule has 2 rings (SSSR count). The average molecular weight is 298 g/mol. The van der Waals surface area contributed by atoms with Crippen molar-refractivity contribution in [2.24, 2.45) is 0 Å². The van der Waals surface area contributed by atoms with E-state index >= 15 is 0 Å². The topological polar surface area (TPSA) is 82.0 Å². The first kappa shape index (κ1) is 15.5. The highest BCUT2D eigenvalue weighted by molar-refractivity contribution is 5.75. The van der Waals surface area contributed by atoms with E-state index in [0.717, 1.165) is 0 Å². The predicted octanol–water partition coefficient (Wildman–Crippen LogP) is 0.471. The van der Waals surface area contributed by atoms with E-state index in [9.17, 15) is 19.4 Å². The maximum atomic E-state index is 13.7. The van der Waals surface area contributed by atoms with Crippen molar-refractivity contribution in [2.75, 3.05) is 20.3 Å². The van der Waals surface area contributed by atoms with Crippen LogP contribution in [0.15, 0.2) is 18.2 Å². The summed E-state index contributed by atoms with van der Waals surface area (Å²) in [6, 6.07) is 3.57. The van der Waals surface area contributed by atoms with Crippen LogP contribution in [-0.4, -0.2) is 53.6 Å². The fourth-order valence-corrected chi connectivity index (χ4v) is 2.38. The van der Waals surface area contributed by atoms with Gasteiger partial charge in [0, 0.05) is 24.7 Å². The van der Waals surface area contributed by atoms with Crippen LogP contribution in [0.1, 0.15) is 12.0 Å². The van der Waals surface area contributed by atoms with E-state index in [-0.39, 0.29) is 19.7 Å². The zero-order valence-corrected chi connectivity index (χ0v) is 11.8.